The van der Waals surface area contributed by atoms with Crippen molar-refractivity contribution in [2.24, 2.45) is 11.8 Å². The molecule has 3 aromatic rings. The number of hydrogen-bond acceptors (Lipinski definition) is 5. The molecule has 6 rings (SSSR count). The van der Waals surface area contributed by atoms with Gasteiger partial charge >= 0.3 is 0 Å². The van der Waals surface area contributed by atoms with Crippen LogP contribution in [0.3, 0.4) is 0 Å². The van der Waals surface area contributed by atoms with Crippen molar-refractivity contribution in [3.63, 3.8) is 0 Å². The van der Waals surface area contributed by atoms with Crippen LogP contribution in [-0.4, -0.2) is 28.6 Å². The predicted molar refractivity (Wildman–Crippen MR) is 133 cm³/mol. The molecule has 0 bridgehead atoms. The van der Waals surface area contributed by atoms with Crippen LogP contribution in [-0.2, 0) is 25.6 Å². The Morgan fingerprint density at radius 2 is 1.39 bits per heavy atom. The number of hydrogen-bond donors (Lipinski definition) is 0. The highest BCUT2D eigenvalue weighted by Gasteiger charge is 2.56. The van der Waals surface area contributed by atoms with Gasteiger partial charge in [0.15, 0.2) is 0 Å². The molecule has 4 atom stereocenters. The van der Waals surface area contributed by atoms with E-state index in [2.05, 4.69) is 0 Å². The first kappa shape index (κ1) is 22.3. The summed E-state index contributed by atoms with van der Waals surface area (Å²) in [6.07, 6.45) is 2.86. The maximum atomic E-state index is 13.6. The van der Waals surface area contributed by atoms with Crippen LogP contribution in [0.4, 0.5) is 11.4 Å². The number of rotatable bonds is 4. The number of carbonyl (C=O) groups is 4. The molecule has 3 aliphatic rings. The van der Waals surface area contributed by atoms with E-state index in [0.29, 0.717) is 29.1 Å². The normalized spacial score (nSPS) is 25.4. The molecule has 2 aromatic carbocycles. The Balaban J connectivity index is 1.42. The maximum Gasteiger partial charge on any atom is 0.242 e. The minimum absolute atomic E-state index is 0.0525. The quantitative estimate of drug-likeness (QED) is 0.528. The molecule has 0 N–H and O–H groups in total. The molecule has 7 nitrogen and oxygen atoms in total. The lowest BCUT2D eigenvalue weighted by atomic mass is 9.68. The summed E-state index contributed by atoms with van der Waals surface area (Å²) >= 11 is 0. The van der Waals surface area contributed by atoms with Crippen molar-refractivity contribution in [3.8, 4) is 0 Å². The fourth-order valence-electron chi connectivity index (χ4n) is 5.99. The van der Waals surface area contributed by atoms with E-state index >= 15 is 0 Å². The summed E-state index contributed by atoms with van der Waals surface area (Å²) in [7, 11) is 0. The van der Waals surface area contributed by atoms with Crippen molar-refractivity contribution < 1.29 is 19.2 Å². The number of anilines is 2. The minimum atomic E-state index is -0.639. The Morgan fingerprint density at radius 3 is 2.03 bits per heavy atom. The van der Waals surface area contributed by atoms with Crippen molar-refractivity contribution in [3.05, 3.63) is 89.7 Å². The summed E-state index contributed by atoms with van der Waals surface area (Å²) in [6, 6.07) is 19.8. The Kier molecular flexibility index (Phi) is 5.29. The van der Waals surface area contributed by atoms with Crippen LogP contribution in [0.2, 0.25) is 0 Å². The lowest BCUT2D eigenvalue weighted by Crippen LogP contribution is -2.35. The van der Waals surface area contributed by atoms with Crippen LogP contribution in [0.25, 0.3) is 0 Å². The second-order valence-corrected chi connectivity index (χ2v) is 9.66. The molecule has 2 aliphatic heterocycles. The summed E-state index contributed by atoms with van der Waals surface area (Å²) < 4.78 is 0. The van der Waals surface area contributed by atoms with E-state index in [0.717, 1.165) is 12.0 Å². The van der Waals surface area contributed by atoms with Gasteiger partial charge in [0.05, 0.1) is 29.1 Å². The molecule has 4 amide bonds. The van der Waals surface area contributed by atoms with Crippen LogP contribution < -0.4 is 9.80 Å². The summed E-state index contributed by atoms with van der Waals surface area (Å²) in [5.41, 5.74) is 3.42. The van der Waals surface area contributed by atoms with Gasteiger partial charge in [-0.1, -0.05) is 49.4 Å². The zero-order valence-corrected chi connectivity index (χ0v) is 19.8. The van der Waals surface area contributed by atoms with E-state index in [9.17, 15) is 19.2 Å². The van der Waals surface area contributed by atoms with Gasteiger partial charge in [-0.05, 0) is 48.2 Å². The van der Waals surface area contributed by atoms with Gasteiger partial charge in [-0.15, -0.1) is 0 Å². The SMILES string of the molecule is CCc1cnc2c(c1)C1C(=O)N(c3ccccc3)C(=O)C1CC2C1CC(=O)N(c2ccccc2)C1=O. The predicted octanol–water partition coefficient (Wildman–Crippen LogP) is 3.98. The largest absolute Gasteiger partial charge is 0.274 e. The van der Waals surface area contributed by atoms with Crippen molar-refractivity contribution >= 4 is 35.0 Å². The number of carbonyl (C=O) groups excluding carboxylic acids is 4. The first-order valence-electron chi connectivity index (χ1n) is 12.3. The number of benzene rings is 2. The lowest BCUT2D eigenvalue weighted by molar-refractivity contribution is -0.125. The minimum Gasteiger partial charge on any atom is -0.274 e. The van der Waals surface area contributed by atoms with Crippen molar-refractivity contribution in [1.29, 1.82) is 0 Å². The topological polar surface area (TPSA) is 87.7 Å². The van der Waals surface area contributed by atoms with E-state index in [1.807, 2.05) is 25.1 Å². The number of pyridine rings is 1. The number of amides is 4. The van der Waals surface area contributed by atoms with Crippen LogP contribution in [0.15, 0.2) is 72.9 Å². The van der Waals surface area contributed by atoms with Crippen molar-refractivity contribution in [2.45, 2.75) is 38.0 Å². The number of para-hydroxylation sites is 2. The molecular formula is C29H25N3O4. The first-order valence-corrected chi connectivity index (χ1v) is 12.3. The monoisotopic (exact) mass is 479 g/mol. The molecule has 0 saturated carbocycles. The van der Waals surface area contributed by atoms with Crippen LogP contribution in [0.5, 0.6) is 0 Å². The van der Waals surface area contributed by atoms with Crippen LogP contribution in [0.1, 0.15) is 48.4 Å². The molecule has 3 heterocycles. The van der Waals surface area contributed by atoms with Gasteiger partial charge in [0.2, 0.25) is 23.6 Å². The van der Waals surface area contributed by atoms with E-state index < -0.39 is 23.7 Å². The van der Waals surface area contributed by atoms with Crippen molar-refractivity contribution in [2.75, 3.05) is 9.80 Å². The smallest absolute Gasteiger partial charge is 0.242 e. The molecular weight excluding hydrogens is 454 g/mol. The second-order valence-electron chi connectivity index (χ2n) is 9.66. The van der Waals surface area contributed by atoms with Gasteiger partial charge in [-0.25, -0.2) is 4.90 Å². The number of imide groups is 2. The molecule has 180 valence electrons. The first-order chi connectivity index (χ1) is 17.5. The Hall–Kier alpha value is -4.13. The summed E-state index contributed by atoms with van der Waals surface area (Å²) in [5.74, 6) is -3.35. The van der Waals surface area contributed by atoms with Crippen LogP contribution >= 0.6 is 0 Å². The molecule has 4 unspecified atom stereocenters. The third kappa shape index (κ3) is 3.30. The van der Waals surface area contributed by atoms with Gasteiger partial charge in [0.1, 0.15) is 0 Å². The average Bonchev–Trinajstić information content (AvgIpc) is 3.35. The average molecular weight is 480 g/mol. The molecule has 2 saturated heterocycles. The molecule has 0 spiro atoms. The second kappa shape index (κ2) is 8.52. The summed E-state index contributed by atoms with van der Waals surface area (Å²) in [5, 5.41) is 0. The zero-order chi connectivity index (χ0) is 25.0. The number of fused-ring (bicyclic) bond motifs is 3. The number of nitrogens with zero attached hydrogens (tertiary/aromatic N) is 3. The molecule has 7 heteroatoms. The van der Waals surface area contributed by atoms with E-state index in [1.165, 1.54) is 9.80 Å². The van der Waals surface area contributed by atoms with Gasteiger partial charge in [0, 0.05) is 24.2 Å². The fourth-order valence-corrected chi connectivity index (χ4v) is 5.99. The van der Waals surface area contributed by atoms with Gasteiger partial charge in [-0.2, -0.15) is 0 Å². The summed E-state index contributed by atoms with van der Waals surface area (Å²) in [6.45, 7) is 2.01. The highest BCUT2D eigenvalue weighted by molar-refractivity contribution is 6.24. The molecule has 36 heavy (non-hydrogen) atoms. The van der Waals surface area contributed by atoms with E-state index in [1.54, 1.807) is 54.7 Å². The standard InChI is InChI=1S/C29H25N3O4/c1-2-17-13-22-25-23(28(35)32(29(25)36)19-11-7-4-8-12-19)14-20(26(22)30-16-17)21-15-24(33)31(27(21)34)18-9-5-3-6-10-18/h3-13,16,20-21,23,25H,2,14-15H2,1H3. The number of aromatic nitrogens is 1. The molecule has 1 aromatic heterocycles. The van der Waals surface area contributed by atoms with Crippen LogP contribution in [0, 0.1) is 11.8 Å². The van der Waals surface area contributed by atoms with E-state index in [4.69, 9.17) is 4.98 Å². The highest BCUT2D eigenvalue weighted by Crippen LogP contribution is 2.52. The molecule has 2 fully saturated rings. The Labute approximate surface area is 208 Å². The lowest BCUT2D eigenvalue weighted by Gasteiger charge is -2.33. The Morgan fingerprint density at radius 1 is 0.778 bits per heavy atom. The third-order valence-electron chi connectivity index (χ3n) is 7.73. The van der Waals surface area contributed by atoms with Crippen molar-refractivity contribution in [1.82, 2.24) is 4.98 Å². The van der Waals surface area contributed by atoms with Gasteiger partial charge in [0.25, 0.3) is 0 Å². The van der Waals surface area contributed by atoms with Gasteiger partial charge < -0.3 is 0 Å². The maximum absolute atomic E-state index is 13.6. The van der Waals surface area contributed by atoms with Gasteiger partial charge in [-0.3, -0.25) is 29.1 Å². The fraction of sp³-hybridized carbons (Fsp3) is 0.276. The van der Waals surface area contributed by atoms with E-state index in [-0.39, 0.29) is 30.0 Å². The highest BCUT2D eigenvalue weighted by atomic mass is 16.2. The number of aryl methyl sites for hydroxylation is 1. The summed E-state index contributed by atoms with van der Waals surface area (Å²) in [4.78, 5) is 61.1. The third-order valence-corrected chi connectivity index (χ3v) is 7.73. The zero-order valence-electron chi connectivity index (χ0n) is 19.8. The molecule has 0 radical (unpaired) electrons. The molecule has 1 aliphatic carbocycles. The Bertz CT molecular complexity index is 1390.